The van der Waals surface area contributed by atoms with E-state index in [1.807, 2.05) is 63.2 Å². The molecule has 2 aromatic carbocycles. The molecule has 0 fully saturated rings. The van der Waals surface area contributed by atoms with Crippen molar-refractivity contribution in [3.05, 3.63) is 80.5 Å². The van der Waals surface area contributed by atoms with Crippen LogP contribution in [0.5, 0.6) is 5.75 Å². The van der Waals surface area contributed by atoms with Crippen LogP contribution in [-0.2, 0) is 4.79 Å². The molecule has 1 amide bonds. The third-order valence-corrected chi connectivity index (χ3v) is 7.91. The van der Waals surface area contributed by atoms with Crippen LogP contribution in [0.15, 0.2) is 53.8 Å². The van der Waals surface area contributed by atoms with Crippen LogP contribution in [0, 0.1) is 20.8 Å². The summed E-state index contributed by atoms with van der Waals surface area (Å²) in [6.07, 6.45) is 0. The fourth-order valence-electron chi connectivity index (χ4n) is 4.22. The van der Waals surface area contributed by atoms with Crippen molar-refractivity contribution in [1.29, 1.82) is 0 Å². The highest BCUT2D eigenvalue weighted by molar-refractivity contribution is 7.22. The molecule has 0 spiro atoms. The van der Waals surface area contributed by atoms with Gasteiger partial charge in [-0.25, -0.2) is 9.97 Å². The summed E-state index contributed by atoms with van der Waals surface area (Å²) in [5, 5.41) is 12.1. The van der Waals surface area contributed by atoms with Crippen molar-refractivity contribution in [2.75, 3.05) is 11.5 Å². The van der Waals surface area contributed by atoms with E-state index >= 15 is 0 Å². The van der Waals surface area contributed by atoms with Crippen LogP contribution in [-0.4, -0.2) is 33.4 Å². The van der Waals surface area contributed by atoms with E-state index in [0.29, 0.717) is 39.1 Å². The molecule has 1 aliphatic rings. The topological polar surface area (TPSA) is 92.6 Å². The molecule has 0 saturated carbocycles. The molecular weight excluding hydrogens is 482 g/mol. The van der Waals surface area contributed by atoms with Gasteiger partial charge in [0.1, 0.15) is 5.75 Å². The minimum Gasteiger partial charge on any atom is -0.503 e. The van der Waals surface area contributed by atoms with Gasteiger partial charge in [0.2, 0.25) is 5.78 Å². The van der Waals surface area contributed by atoms with Crippen molar-refractivity contribution in [3.63, 3.8) is 0 Å². The van der Waals surface area contributed by atoms with Gasteiger partial charge < -0.3 is 9.84 Å². The Morgan fingerprint density at radius 2 is 1.83 bits per heavy atom. The molecule has 3 heterocycles. The maximum absolute atomic E-state index is 13.7. The largest absolute Gasteiger partial charge is 0.503 e. The molecule has 7 nitrogen and oxygen atoms in total. The Labute approximate surface area is 210 Å². The van der Waals surface area contributed by atoms with Gasteiger partial charge in [0.25, 0.3) is 5.91 Å². The lowest BCUT2D eigenvalue weighted by atomic mass is 9.94. The highest BCUT2D eigenvalue weighted by atomic mass is 32.1. The molecule has 4 aromatic rings. The van der Waals surface area contributed by atoms with E-state index in [9.17, 15) is 14.7 Å². The SMILES string of the molecule is CCOc1ccc2nc(N3C(=O)C(O)=C(C(=O)c4sc(C)nc4C)C3c3ccc(C)cc3)sc2c1. The van der Waals surface area contributed by atoms with Gasteiger partial charge in [0.05, 0.1) is 44.0 Å². The van der Waals surface area contributed by atoms with E-state index in [4.69, 9.17) is 4.74 Å². The van der Waals surface area contributed by atoms with Gasteiger partial charge in [-0.3, -0.25) is 14.5 Å². The Bertz CT molecular complexity index is 1500. The predicted octanol–water partition coefficient (Wildman–Crippen LogP) is 5.86. The molecule has 0 radical (unpaired) electrons. The Morgan fingerprint density at radius 1 is 1.09 bits per heavy atom. The predicted molar refractivity (Wildman–Crippen MR) is 138 cm³/mol. The van der Waals surface area contributed by atoms with E-state index in [-0.39, 0.29) is 5.57 Å². The van der Waals surface area contributed by atoms with Gasteiger partial charge >= 0.3 is 0 Å². The Morgan fingerprint density at radius 3 is 2.49 bits per heavy atom. The van der Waals surface area contributed by atoms with Crippen molar-refractivity contribution in [2.24, 2.45) is 0 Å². The number of aromatic nitrogens is 2. The summed E-state index contributed by atoms with van der Waals surface area (Å²) in [6, 6.07) is 12.3. The Hall–Kier alpha value is -3.56. The maximum atomic E-state index is 13.7. The van der Waals surface area contributed by atoms with Gasteiger partial charge in [-0.15, -0.1) is 11.3 Å². The number of ether oxygens (including phenoxy) is 1. The monoisotopic (exact) mass is 505 g/mol. The summed E-state index contributed by atoms with van der Waals surface area (Å²) in [5.41, 5.74) is 3.08. The lowest BCUT2D eigenvalue weighted by Gasteiger charge is -2.24. The van der Waals surface area contributed by atoms with Crippen LogP contribution in [0.4, 0.5) is 5.13 Å². The second-order valence-corrected chi connectivity index (χ2v) is 10.5. The number of carbonyl (C=O) groups is 2. The van der Waals surface area contributed by atoms with Gasteiger partial charge in [-0.2, -0.15) is 0 Å². The zero-order valence-corrected chi connectivity index (χ0v) is 21.3. The van der Waals surface area contributed by atoms with Crippen LogP contribution in [0.25, 0.3) is 10.2 Å². The minimum atomic E-state index is -0.815. The van der Waals surface area contributed by atoms with Crippen molar-refractivity contribution < 1.29 is 19.4 Å². The molecule has 35 heavy (non-hydrogen) atoms. The average molecular weight is 506 g/mol. The Kier molecular flexibility index (Phi) is 5.90. The van der Waals surface area contributed by atoms with Gasteiger partial charge in [-0.1, -0.05) is 41.2 Å². The number of fused-ring (bicyclic) bond motifs is 1. The molecule has 1 aliphatic heterocycles. The first-order chi connectivity index (χ1) is 16.8. The van der Waals surface area contributed by atoms with Crippen LogP contribution < -0.4 is 9.64 Å². The number of thiazole rings is 2. The van der Waals surface area contributed by atoms with Crippen molar-refractivity contribution in [3.8, 4) is 5.75 Å². The molecular formula is C26H23N3O4S2. The third-order valence-electron chi connectivity index (χ3n) is 5.82. The summed E-state index contributed by atoms with van der Waals surface area (Å²) < 4.78 is 6.44. The molecule has 1 N–H and O–H groups in total. The summed E-state index contributed by atoms with van der Waals surface area (Å²) in [7, 11) is 0. The lowest BCUT2D eigenvalue weighted by Crippen LogP contribution is -2.31. The number of rotatable bonds is 6. The number of anilines is 1. The summed E-state index contributed by atoms with van der Waals surface area (Å²) in [5.74, 6) is -0.889. The highest BCUT2D eigenvalue weighted by Crippen LogP contribution is 2.45. The van der Waals surface area contributed by atoms with Gasteiger partial charge in [0, 0.05) is 0 Å². The maximum Gasteiger partial charge on any atom is 0.296 e. The number of hydrogen-bond donors (Lipinski definition) is 1. The van der Waals surface area contributed by atoms with Gasteiger partial charge in [0.15, 0.2) is 10.9 Å². The molecule has 1 unspecified atom stereocenters. The fourth-order valence-corrected chi connectivity index (χ4v) is 6.11. The molecule has 9 heteroatoms. The minimum absolute atomic E-state index is 0.0415. The van der Waals surface area contributed by atoms with E-state index in [1.54, 1.807) is 6.92 Å². The number of amides is 1. The molecule has 2 aromatic heterocycles. The molecule has 5 rings (SSSR count). The number of carbonyl (C=O) groups excluding carboxylic acids is 2. The number of aliphatic hydroxyl groups is 1. The first-order valence-corrected chi connectivity index (χ1v) is 12.8. The van der Waals surface area contributed by atoms with E-state index in [2.05, 4.69) is 9.97 Å². The lowest BCUT2D eigenvalue weighted by molar-refractivity contribution is -0.117. The fraction of sp³-hybridized carbons (Fsp3) is 0.231. The van der Waals surface area contributed by atoms with Crippen LogP contribution in [0.1, 0.15) is 44.5 Å². The van der Waals surface area contributed by atoms with Crippen molar-refractivity contribution >= 4 is 49.7 Å². The van der Waals surface area contributed by atoms with E-state index in [1.165, 1.54) is 27.6 Å². The second kappa shape index (κ2) is 8.90. The zero-order chi connectivity index (χ0) is 24.9. The zero-order valence-electron chi connectivity index (χ0n) is 19.7. The molecule has 1 atom stereocenters. The van der Waals surface area contributed by atoms with Crippen molar-refractivity contribution in [2.45, 2.75) is 33.7 Å². The van der Waals surface area contributed by atoms with E-state index < -0.39 is 23.5 Å². The first kappa shape index (κ1) is 23.2. The van der Waals surface area contributed by atoms with Crippen LogP contribution >= 0.6 is 22.7 Å². The van der Waals surface area contributed by atoms with Crippen LogP contribution in [0.2, 0.25) is 0 Å². The summed E-state index contributed by atoms with van der Waals surface area (Å²) in [4.78, 5) is 38.0. The molecule has 178 valence electrons. The normalized spacial score (nSPS) is 15.9. The second-order valence-electron chi connectivity index (χ2n) is 8.29. The average Bonchev–Trinajstić information content (AvgIpc) is 3.47. The smallest absolute Gasteiger partial charge is 0.296 e. The third kappa shape index (κ3) is 4.00. The molecule has 0 saturated heterocycles. The number of benzene rings is 2. The number of Topliss-reactive ketones (excluding diaryl/α,β-unsaturated/α-hetero) is 1. The Balaban J connectivity index is 1.65. The van der Waals surface area contributed by atoms with E-state index in [0.717, 1.165) is 15.3 Å². The quantitative estimate of drug-likeness (QED) is 0.330. The number of aliphatic hydroxyl groups excluding tert-OH is 1. The summed E-state index contributed by atoms with van der Waals surface area (Å²) in [6.45, 7) is 8.00. The van der Waals surface area contributed by atoms with Gasteiger partial charge in [-0.05, 0) is 51.5 Å². The molecule has 0 aliphatic carbocycles. The molecule has 0 bridgehead atoms. The number of nitrogens with zero attached hydrogens (tertiary/aromatic N) is 3. The number of ketones is 1. The highest BCUT2D eigenvalue weighted by Gasteiger charge is 2.46. The first-order valence-electron chi connectivity index (χ1n) is 11.1. The number of hydrogen-bond acceptors (Lipinski definition) is 8. The van der Waals surface area contributed by atoms with Crippen molar-refractivity contribution in [1.82, 2.24) is 9.97 Å². The standard InChI is InChI=1S/C26H23N3O4S2/c1-5-33-17-10-11-18-19(12-17)35-26(28-18)29-21(16-8-6-13(2)7-9-16)20(23(31)25(29)32)22(30)24-14(3)27-15(4)34-24/h6-12,21,31H,5H2,1-4H3. The van der Waals surface area contributed by atoms with Crippen LogP contribution in [0.3, 0.4) is 0 Å². The summed E-state index contributed by atoms with van der Waals surface area (Å²) >= 11 is 2.57. The number of aryl methyl sites for hydroxylation is 3.